The Balaban J connectivity index is 1.55. The summed E-state index contributed by atoms with van der Waals surface area (Å²) in [6, 6.07) is 1.60. The second-order valence-electron chi connectivity index (χ2n) is 4.58. The van der Waals surface area contributed by atoms with Crippen molar-refractivity contribution in [1.82, 2.24) is 10.2 Å². The van der Waals surface area contributed by atoms with Gasteiger partial charge < -0.3 is 10.1 Å². The minimum absolute atomic E-state index is 0.541. The van der Waals surface area contributed by atoms with Crippen molar-refractivity contribution in [2.45, 2.75) is 37.5 Å². The third-order valence-electron chi connectivity index (χ3n) is 3.63. The van der Waals surface area contributed by atoms with E-state index >= 15 is 0 Å². The van der Waals surface area contributed by atoms with Crippen LogP contribution in [0.3, 0.4) is 0 Å². The summed E-state index contributed by atoms with van der Waals surface area (Å²) in [7, 11) is 0. The Hall–Kier alpha value is -0.120. The van der Waals surface area contributed by atoms with Gasteiger partial charge in [0.2, 0.25) is 0 Å². The van der Waals surface area contributed by atoms with E-state index in [2.05, 4.69) is 10.2 Å². The highest BCUT2D eigenvalue weighted by Crippen LogP contribution is 2.25. The summed E-state index contributed by atoms with van der Waals surface area (Å²) in [5.41, 5.74) is 0. The van der Waals surface area contributed by atoms with Crippen LogP contribution in [0.2, 0.25) is 0 Å². The molecule has 2 bridgehead atoms. The van der Waals surface area contributed by atoms with Crippen LogP contribution < -0.4 is 5.32 Å². The van der Waals surface area contributed by atoms with Gasteiger partial charge in [0, 0.05) is 38.3 Å². The molecule has 1 N–H and O–H groups in total. The zero-order chi connectivity index (χ0) is 8.67. The van der Waals surface area contributed by atoms with Gasteiger partial charge in [0.25, 0.3) is 0 Å². The lowest BCUT2D eigenvalue weighted by atomic mass is 10.2. The van der Waals surface area contributed by atoms with Crippen LogP contribution in [0.4, 0.5) is 0 Å². The number of ether oxygens (including phenoxy) is 1. The van der Waals surface area contributed by atoms with Gasteiger partial charge in [-0.15, -0.1) is 0 Å². The molecule has 0 aromatic carbocycles. The molecule has 0 spiro atoms. The molecule has 3 aliphatic rings. The van der Waals surface area contributed by atoms with Crippen molar-refractivity contribution in [3.63, 3.8) is 0 Å². The second kappa shape index (κ2) is 3.23. The van der Waals surface area contributed by atoms with Gasteiger partial charge in [-0.2, -0.15) is 0 Å². The van der Waals surface area contributed by atoms with Gasteiger partial charge in [-0.25, -0.2) is 0 Å². The Morgan fingerprint density at radius 3 is 3.08 bits per heavy atom. The molecule has 3 nitrogen and oxygen atoms in total. The maximum absolute atomic E-state index is 5.66. The Morgan fingerprint density at radius 2 is 2.46 bits per heavy atom. The molecule has 0 amide bonds. The first-order valence-electron chi connectivity index (χ1n) is 5.51. The molecule has 0 aromatic rings. The van der Waals surface area contributed by atoms with E-state index < -0.39 is 0 Å². The Morgan fingerprint density at radius 1 is 1.46 bits per heavy atom. The molecule has 0 aliphatic carbocycles. The minimum Gasteiger partial charge on any atom is -0.377 e. The summed E-state index contributed by atoms with van der Waals surface area (Å²) in [6.45, 7) is 4.63. The molecule has 74 valence electrons. The van der Waals surface area contributed by atoms with Crippen LogP contribution in [0.15, 0.2) is 0 Å². The Kier molecular flexibility index (Phi) is 2.04. The predicted octanol–water partition coefficient (Wildman–Crippen LogP) is 0.211. The number of fused-ring (bicyclic) bond motifs is 2. The quantitative estimate of drug-likeness (QED) is 0.661. The van der Waals surface area contributed by atoms with E-state index in [9.17, 15) is 0 Å². The molecule has 0 aromatic heterocycles. The van der Waals surface area contributed by atoms with E-state index in [1.807, 2.05) is 0 Å². The highest BCUT2D eigenvalue weighted by Gasteiger charge is 2.38. The van der Waals surface area contributed by atoms with E-state index in [0.29, 0.717) is 6.10 Å². The number of rotatable bonds is 2. The van der Waals surface area contributed by atoms with Gasteiger partial charge in [0.05, 0.1) is 6.10 Å². The van der Waals surface area contributed by atoms with Crippen molar-refractivity contribution in [3.05, 3.63) is 0 Å². The Bertz CT molecular complexity index is 191. The third-order valence-corrected chi connectivity index (χ3v) is 3.63. The number of piperazine rings is 1. The first-order chi connectivity index (χ1) is 6.42. The van der Waals surface area contributed by atoms with E-state index in [1.165, 1.54) is 38.9 Å². The molecular weight excluding hydrogens is 164 g/mol. The molecule has 0 saturated carbocycles. The first kappa shape index (κ1) is 8.21. The summed E-state index contributed by atoms with van der Waals surface area (Å²) in [4.78, 5) is 2.62. The molecule has 3 rings (SSSR count). The lowest BCUT2D eigenvalue weighted by Crippen LogP contribution is -2.46. The molecule has 3 atom stereocenters. The molecule has 3 aliphatic heterocycles. The highest BCUT2D eigenvalue weighted by molar-refractivity contribution is 4.98. The molecule has 13 heavy (non-hydrogen) atoms. The van der Waals surface area contributed by atoms with Crippen LogP contribution in [-0.4, -0.2) is 49.3 Å². The van der Waals surface area contributed by atoms with Gasteiger partial charge in [0.1, 0.15) is 0 Å². The van der Waals surface area contributed by atoms with Gasteiger partial charge >= 0.3 is 0 Å². The Labute approximate surface area is 79.4 Å². The van der Waals surface area contributed by atoms with Gasteiger partial charge in [-0.3, -0.25) is 4.90 Å². The van der Waals surface area contributed by atoms with Crippen molar-refractivity contribution in [2.75, 3.05) is 26.2 Å². The molecule has 3 saturated heterocycles. The lowest BCUT2D eigenvalue weighted by Gasteiger charge is -2.29. The molecule has 3 fully saturated rings. The molecule has 3 heterocycles. The van der Waals surface area contributed by atoms with E-state index in [0.717, 1.165) is 18.7 Å². The van der Waals surface area contributed by atoms with Crippen molar-refractivity contribution < 1.29 is 4.74 Å². The van der Waals surface area contributed by atoms with Crippen LogP contribution in [-0.2, 0) is 4.74 Å². The fourth-order valence-corrected chi connectivity index (χ4v) is 2.92. The summed E-state index contributed by atoms with van der Waals surface area (Å²) >= 11 is 0. The van der Waals surface area contributed by atoms with Crippen molar-refractivity contribution in [3.8, 4) is 0 Å². The zero-order valence-electron chi connectivity index (χ0n) is 8.04. The largest absolute Gasteiger partial charge is 0.377 e. The SMILES string of the molecule is C1CO[C@H](CN2C[C@@H]3C[C@@H]2CN3)C1. The number of hydrogen-bond acceptors (Lipinski definition) is 3. The van der Waals surface area contributed by atoms with Crippen molar-refractivity contribution in [1.29, 1.82) is 0 Å². The summed E-state index contributed by atoms with van der Waals surface area (Å²) < 4.78 is 5.66. The van der Waals surface area contributed by atoms with E-state index in [1.54, 1.807) is 0 Å². The number of nitrogens with one attached hydrogen (secondary N) is 1. The average molecular weight is 182 g/mol. The summed E-state index contributed by atoms with van der Waals surface area (Å²) in [6.07, 6.45) is 4.46. The van der Waals surface area contributed by atoms with E-state index in [-0.39, 0.29) is 0 Å². The minimum atomic E-state index is 0.541. The monoisotopic (exact) mass is 182 g/mol. The average Bonchev–Trinajstić information content (AvgIpc) is 2.77. The highest BCUT2D eigenvalue weighted by atomic mass is 16.5. The standard InChI is InChI=1S/C10H18N2O/c1-2-10(13-3-1)7-12-6-8-4-9(12)5-11-8/h8-11H,1-7H2/t8-,9+,10-/m0/s1. The maximum Gasteiger partial charge on any atom is 0.0702 e. The third kappa shape index (κ3) is 1.49. The fraction of sp³-hybridized carbons (Fsp3) is 1.00. The van der Waals surface area contributed by atoms with Crippen LogP contribution in [0.5, 0.6) is 0 Å². The number of nitrogens with zero attached hydrogens (tertiary/aromatic N) is 1. The van der Waals surface area contributed by atoms with Gasteiger partial charge in [0.15, 0.2) is 0 Å². The topological polar surface area (TPSA) is 24.5 Å². The number of likely N-dealkylation sites (tertiary alicyclic amines) is 1. The predicted molar refractivity (Wildman–Crippen MR) is 50.7 cm³/mol. The maximum atomic E-state index is 5.66. The van der Waals surface area contributed by atoms with Gasteiger partial charge in [-0.1, -0.05) is 0 Å². The number of hydrogen-bond donors (Lipinski definition) is 1. The van der Waals surface area contributed by atoms with Crippen molar-refractivity contribution >= 4 is 0 Å². The smallest absolute Gasteiger partial charge is 0.0702 e. The van der Waals surface area contributed by atoms with Crippen LogP contribution in [0.25, 0.3) is 0 Å². The normalized spacial score (nSPS) is 44.8. The summed E-state index contributed by atoms with van der Waals surface area (Å²) in [5.74, 6) is 0. The molecule has 0 unspecified atom stereocenters. The lowest BCUT2D eigenvalue weighted by molar-refractivity contribution is 0.0649. The second-order valence-corrected chi connectivity index (χ2v) is 4.58. The fourth-order valence-electron chi connectivity index (χ4n) is 2.92. The summed E-state index contributed by atoms with van der Waals surface area (Å²) in [5, 5.41) is 3.53. The first-order valence-corrected chi connectivity index (χ1v) is 5.51. The molecule has 0 radical (unpaired) electrons. The molecular formula is C10H18N2O. The van der Waals surface area contributed by atoms with Crippen LogP contribution >= 0.6 is 0 Å². The van der Waals surface area contributed by atoms with Crippen molar-refractivity contribution in [2.24, 2.45) is 0 Å². The molecule has 3 heteroatoms. The van der Waals surface area contributed by atoms with Crippen LogP contribution in [0.1, 0.15) is 19.3 Å². The van der Waals surface area contributed by atoms with Gasteiger partial charge in [-0.05, 0) is 19.3 Å². The zero-order valence-corrected chi connectivity index (χ0v) is 8.04. The van der Waals surface area contributed by atoms with Crippen LogP contribution in [0, 0.1) is 0 Å². The van der Waals surface area contributed by atoms with E-state index in [4.69, 9.17) is 4.74 Å².